The summed E-state index contributed by atoms with van der Waals surface area (Å²) in [6.07, 6.45) is 0. The van der Waals surface area contributed by atoms with Crippen molar-refractivity contribution in [2.45, 2.75) is 6.54 Å². The lowest BCUT2D eigenvalue weighted by Gasteiger charge is -2.36. The highest BCUT2D eigenvalue weighted by atomic mass is 35.5. The minimum Gasteiger partial charge on any atom is -0.368 e. The number of para-hydroxylation sites is 1. The van der Waals surface area contributed by atoms with Gasteiger partial charge in [-0.3, -0.25) is 14.2 Å². The van der Waals surface area contributed by atoms with Gasteiger partial charge in [-0.05, 0) is 60.2 Å². The van der Waals surface area contributed by atoms with Gasteiger partial charge >= 0.3 is 0 Å². The molecule has 0 aliphatic carbocycles. The number of hydrogen-bond donors (Lipinski definition) is 1. The van der Waals surface area contributed by atoms with E-state index in [1.54, 1.807) is 30.3 Å². The molecular formula is C26H23ClN4O2S. The molecular weight excluding hydrogens is 468 g/mol. The minimum atomic E-state index is -0.191. The van der Waals surface area contributed by atoms with Crippen molar-refractivity contribution in [3.05, 3.63) is 104 Å². The van der Waals surface area contributed by atoms with Crippen molar-refractivity contribution in [1.29, 1.82) is 0 Å². The highest BCUT2D eigenvalue weighted by Gasteiger charge is 2.23. The summed E-state index contributed by atoms with van der Waals surface area (Å²) in [7, 11) is 0. The Bertz CT molecular complexity index is 1460. The zero-order chi connectivity index (χ0) is 23.7. The maximum atomic E-state index is 13.2. The molecule has 5 rings (SSSR count). The van der Waals surface area contributed by atoms with Gasteiger partial charge in [-0.2, -0.15) is 0 Å². The molecule has 1 fully saturated rings. The van der Waals surface area contributed by atoms with Crippen LogP contribution in [0.1, 0.15) is 15.9 Å². The first kappa shape index (κ1) is 22.4. The molecule has 1 amide bonds. The van der Waals surface area contributed by atoms with E-state index in [9.17, 15) is 9.59 Å². The lowest BCUT2D eigenvalue weighted by molar-refractivity contribution is 0.0747. The standard InChI is InChI=1S/C26H23ClN4O2S/c27-20-9-6-18(7-10-20)17-31-25(33)22-11-8-19(16-23(22)28-26(31)34)24(32)30-14-12-29(13-15-30)21-4-2-1-3-5-21/h1-11,16H,12-15,17H2,(H,28,34). The number of carbonyl (C=O) groups is 1. The number of carbonyl (C=O) groups excluding carboxylic acids is 1. The van der Waals surface area contributed by atoms with Crippen LogP contribution in [0, 0.1) is 4.77 Å². The second-order valence-corrected chi connectivity index (χ2v) is 9.15. The number of benzene rings is 3. The van der Waals surface area contributed by atoms with Gasteiger partial charge in [0.25, 0.3) is 11.5 Å². The number of aromatic nitrogens is 2. The monoisotopic (exact) mass is 490 g/mol. The molecule has 1 aliphatic heterocycles. The molecule has 3 aromatic carbocycles. The van der Waals surface area contributed by atoms with Crippen LogP contribution in [0.3, 0.4) is 0 Å². The van der Waals surface area contributed by atoms with Crippen molar-refractivity contribution in [2.75, 3.05) is 31.1 Å². The van der Waals surface area contributed by atoms with E-state index in [0.29, 0.717) is 45.9 Å². The highest BCUT2D eigenvalue weighted by Crippen LogP contribution is 2.18. The summed E-state index contributed by atoms with van der Waals surface area (Å²) in [5, 5.41) is 1.13. The van der Waals surface area contributed by atoms with Crippen LogP contribution >= 0.6 is 23.8 Å². The van der Waals surface area contributed by atoms with Crippen LogP contribution in [0.4, 0.5) is 5.69 Å². The van der Waals surface area contributed by atoms with Gasteiger partial charge in [-0.25, -0.2) is 0 Å². The van der Waals surface area contributed by atoms with Crippen LogP contribution in [0.5, 0.6) is 0 Å². The summed E-state index contributed by atoms with van der Waals surface area (Å²) >= 11 is 11.4. The first-order valence-electron chi connectivity index (χ1n) is 11.1. The lowest BCUT2D eigenvalue weighted by atomic mass is 10.1. The molecule has 6 nitrogen and oxygen atoms in total. The van der Waals surface area contributed by atoms with Gasteiger partial charge in [0.1, 0.15) is 0 Å². The smallest absolute Gasteiger partial charge is 0.262 e. The number of rotatable bonds is 4. The maximum Gasteiger partial charge on any atom is 0.262 e. The van der Waals surface area contributed by atoms with Crippen molar-refractivity contribution >= 4 is 46.3 Å². The van der Waals surface area contributed by atoms with Crippen molar-refractivity contribution in [1.82, 2.24) is 14.5 Å². The van der Waals surface area contributed by atoms with Crippen molar-refractivity contribution in [3.63, 3.8) is 0 Å². The third kappa shape index (κ3) is 4.49. The first-order chi connectivity index (χ1) is 16.5. The largest absolute Gasteiger partial charge is 0.368 e. The number of nitrogens with one attached hydrogen (secondary N) is 1. The zero-order valence-corrected chi connectivity index (χ0v) is 20.0. The third-order valence-electron chi connectivity index (χ3n) is 6.17. The SMILES string of the molecule is O=C(c1ccc2c(=O)n(Cc3ccc(Cl)cc3)c(=S)[nH]c2c1)N1CCN(c2ccccc2)CC1. The summed E-state index contributed by atoms with van der Waals surface area (Å²) in [4.78, 5) is 33.6. The number of H-pyrrole nitrogens is 1. The Labute approximate surface area is 207 Å². The van der Waals surface area contributed by atoms with E-state index in [1.165, 1.54) is 10.3 Å². The highest BCUT2D eigenvalue weighted by molar-refractivity contribution is 7.71. The Morgan fingerprint density at radius 1 is 0.941 bits per heavy atom. The first-order valence-corrected chi connectivity index (χ1v) is 11.9. The summed E-state index contributed by atoms with van der Waals surface area (Å²) in [5.74, 6) is -0.0423. The Hall–Kier alpha value is -3.42. The number of fused-ring (bicyclic) bond motifs is 1. The lowest BCUT2D eigenvalue weighted by Crippen LogP contribution is -2.48. The normalized spacial score (nSPS) is 13.9. The van der Waals surface area contributed by atoms with Gasteiger partial charge in [0.05, 0.1) is 17.4 Å². The topological polar surface area (TPSA) is 61.3 Å². The fraction of sp³-hybridized carbons (Fsp3) is 0.192. The molecule has 1 N–H and O–H groups in total. The Morgan fingerprint density at radius 2 is 1.65 bits per heavy atom. The summed E-state index contributed by atoms with van der Waals surface area (Å²) < 4.78 is 1.83. The van der Waals surface area contributed by atoms with Crippen LogP contribution in [0.25, 0.3) is 10.9 Å². The molecule has 0 saturated carbocycles. The van der Waals surface area contributed by atoms with Crippen molar-refractivity contribution in [2.24, 2.45) is 0 Å². The average Bonchev–Trinajstić information content (AvgIpc) is 2.87. The fourth-order valence-electron chi connectivity index (χ4n) is 4.29. The molecule has 0 bridgehead atoms. The van der Waals surface area contributed by atoms with Crippen molar-refractivity contribution in [3.8, 4) is 0 Å². The number of anilines is 1. The third-order valence-corrected chi connectivity index (χ3v) is 6.75. The quantitative estimate of drug-likeness (QED) is 0.420. The van der Waals surface area contributed by atoms with Crippen LogP contribution < -0.4 is 10.5 Å². The van der Waals surface area contributed by atoms with Gasteiger partial charge in [-0.15, -0.1) is 0 Å². The fourth-order valence-corrected chi connectivity index (χ4v) is 4.68. The number of aromatic amines is 1. The van der Waals surface area contributed by atoms with Gasteiger partial charge in [0.2, 0.25) is 0 Å². The minimum absolute atomic E-state index is 0.0423. The predicted molar refractivity (Wildman–Crippen MR) is 139 cm³/mol. The second-order valence-electron chi connectivity index (χ2n) is 8.32. The Kier molecular flexibility index (Phi) is 6.22. The molecule has 0 atom stereocenters. The molecule has 8 heteroatoms. The molecule has 1 aromatic heterocycles. The van der Waals surface area contributed by atoms with Crippen LogP contribution in [-0.2, 0) is 6.54 Å². The predicted octanol–water partition coefficient (Wildman–Crippen LogP) is 4.72. The van der Waals surface area contributed by atoms with E-state index < -0.39 is 0 Å². The van der Waals surface area contributed by atoms with E-state index in [0.717, 1.165) is 18.7 Å². The number of hydrogen-bond acceptors (Lipinski definition) is 4. The number of halogens is 1. The molecule has 1 saturated heterocycles. The zero-order valence-electron chi connectivity index (χ0n) is 18.4. The summed E-state index contributed by atoms with van der Waals surface area (Å²) in [6.45, 7) is 3.19. The van der Waals surface area contributed by atoms with E-state index in [-0.39, 0.29) is 11.5 Å². The molecule has 4 aromatic rings. The van der Waals surface area contributed by atoms with Crippen molar-refractivity contribution < 1.29 is 4.79 Å². The van der Waals surface area contributed by atoms with Crippen LogP contribution in [0.2, 0.25) is 5.02 Å². The molecule has 0 spiro atoms. The van der Waals surface area contributed by atoms with Gasteiger partial charge < -0.3 is 14.8 Å². The molecule has 0 radical (unpaired) electrons. The van der Waals surface area contributed by atoms with Gasteiger partial charge in [0, 0.05) is 42.5 Å². The maximum absolute atomic E-state index is 13.2. The number of nitrogens with zero attached hydrogens (tertiary/aromatic N) is 3. The van der Waals surface area contributed by atoms with Crippen LogP contribution in [-0.4, -0.2) is 46.5 Å². The average molecular weight is 491 g/mol. The number of amides is 1. The van der Waals surface area contributed by atoms with Gasteiger partial charge in [-0.1, -0.05) is 41.9 Å². The second kappa shape index (κ2) is 9.44. The summed E-state index contributed by atoms with van der Waals surface area (Å²) in [5.41, 5.74) is 3.01. The van der Waals surface area contributed by atoms with E-state index in [4.69, 9.17) is 23.8 Å². The molecule has 172 valence electrons. The summed E-state index contributed by atoms with van der Waals surface area (Å²) in [6, 6.07) is 22.7. The van der Waals surface area contributed by atoms with Crippen LogP contribution in [0.15, 0.2) is 77.6 Å². The Morgan fingerprint density at radius 3 is 2.35 bits per heavy atom. The molecule has 1 aliphatic rings. The number of piperazine rings is 1. The molecule has 0 unspecified atom stereocenters. The van der Waals surface area contributed by atoms with E-state index in [1.807, 2.05) is 35.2 Å². The molecule has 34 heavy (non-hydrogen) atoms. The molecule has 2 heterocycles. The van der Waals surface area contributed by atoms with E-state index in [2.05, 4.69) is 22.0 Å². The Balaban J connectivity index is 1.36. The van der Waals surface area contributed by atoms with Gasteiger partial charge in [0.15, 0.2) is 4.77 Å². The van der Waals surface area contributed by atoms with E-state index >= 15 is 0 Å².